The van der Waals surface area contributed by atoms with E-state index in [1.54, 1.807) is 4.90 Å². The number of likely N-dealkylation sites (tertiary alicyclic amines) is 1. The average molecular weight is 479 g/mol. The van der Waals surface area contributed by atoms with Gasteiger partial charge >= 0.3 is 12.1 Å². The maximum atomic E-state index is 12.5. The summed E-state index contributed by atoms with van der Waals surface area (Å²) >= 11 is 0. The van der Waals surface area contributed by atoms with Crippen LogP contribution in [0.1, 0.15) is 43.2 Å². The molecule has 2 aromatic carbocycles. The van der Waals surface area contributed by atoms with Crippen molar-refractivity contribution in [1.29, 1.82) is 0 Å². The van der Waals surface area contributed by atoms with E-state index in [0.717, 1.165) is 12.8 Å². The fourth-order valence-corrected chi connectivity index (χ4v) is 5.47. The van der Waals surface area contributed by atoms with Crippen LogP contribution in [0.15, 0.2) is 48.5 Å². The minimum absolute atomic E-state index is 0.0176. The molecule has 184 valence electrons. The first-order valence-electron chi connectivity index (χ1n) is 12.1. The Bertz CT molecular complexity index is 1090. The van der Waals surface area contributed by atoms with Gasteiger partial charge < -0.3 is 24.8 Å². The second kappa shape index (κ2) is 9.34. The van der Waals surface area contributed by atoms with Gasteiger partial charge in [0.15, 0.2) is 0 Å². The van der Waals surface area contributed by atoms with Gasteiger partial charge in [-0.15, -0.1) is 0 Å². The summed E-state index contributed by atoms with van der Waals surface area (Å²) in [5, 5.41) is 11.7. The standard InChI is InChI=1S/C27H30N2O6/c1-27(35-14-25(31)32)15-29(16-27)24(30)12-17-10-18(11-17)28-26(33)34-13-23-21-8-4-2-6-19(21)20-7-3-5-9-22(20)23/h2-9,17-18,23H,10-16H2,1H3,(H,28,33)(H,31,32). The molecular formula is C27H30N2O6. The molecule has 0 unspecified atom stereocenters. The maximum absolute atomic E-state index is 12.5. The number of carbonyl (C=O) groups is 3. The summed E-state index contributed by atoms with van der Waals surface area (Å²) in [4.78, 5) is 37.3. The van der Waals surface area contributed by atoms with Crippen molar-refractivity contribution in [3.05, 3.63) is 59.7 Å². The number of ether oxygens (including phenoxy) is 2. The summed E-state index contributed by atoms with van der Waals surface area (Å²) in [6.07, 6.45) is 1.50. The molecule has 2 aromatic rings. The molecule has 35 heavy (non-hydrogen) atoms. The number of alkyl carbamates (subject to hydrolysis) is 1. The number of carboxylic acids is 1. The van der Waals surface area contributed by atoms with Crippen LogP contribution in [-0.2, 0) is 19.1 Å². The van der Waals surface area contributed by atoms with E-state index in [1.165, 1.54) is 22.3 Å². The Hall–Kier alpha value is -3.39. The first-order chi connectivity index (χ1) is 16.8. The topological polar surface area (TPSA) is 105 Å². The zero-order valence-corrected chi connectivity index (χ0v) is 19.7. The van der Waals surface area contributed by atoms with Gasteiger partial charge in [0, 0.05) is 18.4 Å². The number of fused-ring (bicyclic) bond motifs is 3. The van der Waals surface area contributed by atoms with Crippen molar-refractivity contribution in [2.75, 3.05) is 26.3 Å². The lowest BCUT2D eigenvalue weighted by Gasteiger charge is -2.48. The molecule has 0 aromatic heterocycles. The summed E-state index contributed by atoms with van der Waals surface area (Å²) in [6, 6.07) is 16.5. The molecule has 0 atom stereocenters. The first-order valence-corrected chi connectivity index (χ1v) is 12.1. The van der Waals surface area contributed by atoms with Crippen LogP contribution in [0.5, 0.6) is 0 Å². The van der Waals surface area contributed by atoms with Gasteiger partial charge in [-0.2, -0.15) is 0 Å². The number of rotatable bonds is 8. The Morgan fingerprint density at radius 1 is 1.03 bits per heavy atom. The van der Waals surface area contributed by atoms with E-state index in [1.807, 2.05) is 31.2 Å². The third kappa shape index (κ3) is 4.89. The zero-order valence-electron chi connectivity index (χ0n) is 19.7. The number of aliphatic carboxylic acids is 1. The smallest absolute Gasteiger partial charge is 0.407 e. The molecule has 0 spiro atoms. The van der Waals surface area contributed by atoms with Crippen LogP contribution in [0.25, 0.3) is 11.1 Å². The van der Waals surface area contributed by atoms with Gasteiger partial charge in [0.1, 0.15) is 18.8 Å². The van der Waals surface area contributed by atoms with Crippen molar-refractivity contribution in [2.24, 2.45) is 5.92 Å². The minimum Gasteiger partial charge on any atom is -0.480 e. The van der Waals surface area contributed by atoms with E-state index in [0.29, 0.717) is 19.5 Å². The minimum atomic E-state index is -1.01. The van der Waals surface area contributed by atoms with Gasteiger partial charge in [0.05, 0.1) is 13.1 Å². The number of nitrogens with zero attached hydrogens (tertiary/aromatic N) is 1. The lowest BCUT2D eigenvalue weighted by atomic mass is 9.77. The molecule has 1 saturated carbocycles. The Labute approximate surface area is 204 Å². The van der Waals surface area contributed by atoms with Crippen LogP contribution in [0, 0.1) is 5.92 Å². The summed E-state index contributed by atoms with van der Waals surface area (Å²) in [7, 11) is 0. The fourth-order valence-electron chi connectivity index (χ4n) is 5.47. The monoisotopic (exact) mass is 478 g/mol. The number of carboxylic acid groups (broad SMARTS) is 1. The molecule has 2 aliphatic carbocycles. The predicted octanol–water partition coefficient (Wildman–Crippen LogP) is 3.40. The maximum Gasteiger partial charge on any atom is 0.407 e. The fraction of sp³-hybridized carbons (Fsp3) is 0.444. The molecule has 5 rings (SSSR count). The molecule has 8 heteroatoms. The molecule has 0 radical (unpaired) electrons. The van der Waals surface area contributed by atoms with Crippen LogP contribution in [0.2, 0.25) is 0 Å². The largest absolute Gasteiger partial charge is 0.480 e. The third-order valence-electron chi connectivity index (χ3n) is 7.31. The van der Waals surface area contributed by atoms with Crippen molar-refractivity contribution in [3.63, 3.8) is 0 Å². The van der Waals surface area contributed by atoms with E-state index in [2.05, 4.69) is 29.6 Å². The van der Waals surface area contributed by atoms with E-state index < -0.39 is 17.7 Å². The van der Waals surface area contributed by atoms with Crippen molar-refractivity contribution >= 4 is 18.0 Å². The van der Waals surface area contributed by atoms with Crippen LogP contribution in [0.4, 0.5) is 4.79 Å². The van der Waals surface area contributed by atoms with Crippen molar-refractivity contribution in [2.45, 2.75) is 43.7 Å². The van der Waals surface area contributed by atoms with Crippen molar-refractivity contribution in [3.8, 4) is 11.1 Å². The normalized spacial score (nSPS) is 21.8. The van der Waals surface area contributed by atoms with E-state index in [-0.39, 0.29) is 37.0 Å². The van der Waals surface area contributed by atoms with Crippen molar-refractivity contribution < 1.29 is 29.0 Å². The van der Waals surface area contributed by atoms with Crippen LogP contribution in [0.3, 0.4) is 0 Å². The van der Waals surface area contributed by atoms with Crippen LogP contribution < -0.4 is 5.32 Å². The molecule has 1 saturated heterocycles. The zero-order chi connectivity index (χ0) is 24.6. The number of amides is 2. The number of hydrogen-bond acceptors (Lipinski definition) is 5. The average Bonchev–Trinajstić information content (AvgIpc) is 3.12. The Kier molecular flexibility index (Phi) is 6.23. The van der Waals surface area contributed by atoms with Gasteiger partial charge in [-0.05, 0) is 47.9 Å². The molecule has 2 fully saturated rings. The number of hydrogen-bond donors (Lipinski definition) is 2. The van der Waals surface area contributed by atoms with E-state index >= 15 is 0 Å². The number of nitrogens with one attached hydrogen (secondary N) is 1. The molecule has 1 aliphatic heterocycles. The van der Waals surface area contributed by atoms with E-state index in [9.17, 15) is 14.4 Å². The number of benzene rings is 2. The highest BCUT2D eigenvalue weighted by atomic mass is 16.5. The molecule has 1 heterocycles. The van der Waals surface area contributed by atoms with Crippen LogP contribution in [-0.4, -0.2) is 65.9 Å². The second-order valence-corrected chi connectivity index (χ2v) is 10.1. The molecule has 8 nitrogen and oxygen atoms in total. The molecule has 2 amide bonds. The van der Waals surface area contributed by atoms with Crippen molar-refractivity contribution in [1.82, 2.24) is 10.2 Å². The van der Waals surface area contributed by atoms with Gasteiger partial charge in [-0.25, -0.2) is 9.59 Å². The lowest BCUT2D eigenvalue weighted by molar-refractivity contribution is -0.174. The van der Waals surface area contributed by atoms with Gasteiger partial charge in [-0.1, -0.05) is 48.5 Å². The summed E-state index contributed by atoms with van der Waals surface area (Å²) in [5.74, 6) is -0.707. The Morgan fingerprint density at radius 2 is 1.63 bits per heavy atom. The number of carbonyl (C=O) groups excluding carboxylic acids is 2. The quantitative estimate of drug-likeness (QED) is 0.603. The third-order valence-corrected chi connectivity index (χ3v) is 7.31. The highest BCUT2D eigenvalue weighted by molar-refractivity contribution is 5.79. The first kappa shape index (κ1) is 23.4. The predicted molar refractivity (Wildman–Crippen MR) is 128 cm³/mol. The molecule has 0 bridgehead atoms. The highest BCUT2D eigenvalue weighted by Gasteiger charge is 2.44. The highest BCUT2D eigenvalue weighted by Crippen LogP contribution is 2.44. The Balaban J connectivity index is 1.03. The van der Waals surface area contributed by atoms with E-state index in [4.69, 9.17) is 14.6 Å². The molecule has 2 N–H and O–H groups in total. The Morgan fingerprint density at radius 3 is 2.23 bits per heavy atom. The SMILES string of the molecule is CC1(OCC(=O)O)CN(C(=O)CC2CC(NC(=O)OCC3c4ccccc4-c4ccccc43)C2)C1. The molecular weight excluding hydrogens is 448 g/mol. The summed E-state index contributed by atoms with van der Waals surface area (Å²) in [5.41, 5.74) is 4.17. The van der Waals surface area contributed by atoms with Gasteiger partial charge in [-0.3, -0.25) is 4.79 Å². The van der Waals surface area contributed by atoms with Crippen LogP contribution >= 0.6 is 0 Å². The van der Waals surface area contributed by atoms with Gasteiger partial charge in [0.25, 0.3) is 0 Å². The summed E-state index contributed by atoms with van der Waals surface area (Å²) in [6.45, 7) is 2.56. The molecule has 3 aliphatic rings. The summed E-state index contributed by atoms with van der Waals surface area (Å²) < 4.78 is 11.0. The lowest BCUT2D eigenvalue weighted by Crippen LogP contribution is -2.63. The van der Waals surface area contributed by atoms with Gasteiger partial charge in [0.2, 0.25) is 5.91 Å². The second-order valence-electron chi connectivity index (χ2n) is 10.1.